The minimum Gasteiger partial charge on any atom is -0.453 e. The van der Waals surface area contributed by atoms with Gasteiger partial charge in [-0.1, -0.05) is 84.7 Å². The van der Waals surface area contributed by atoms with Crippen molar-refractivity contribution in [2.75, 3.05) is 27.3 Å². The van der Waals surface area contributed by atoms with Gasteiger partial charge in [-0.3, -0.25) is 9.59 Å². The van der Waals surface area contributed by atoms with Crippen LogP contribution in [0, 0.1) is 35.5 Å². The van der Waals surface area contributed by atoms with Gasteiger partial charge in [0.25, 0.3) is 0 Å². The number of ether oxygens (including phenoxy) is 2. The number of amides is 4. The molecule has 0 spiro atoms. The molecular weight excluding hydrogens is 785 g/mol. The lowest BCUT2D eigenvalue weighted by Gasteiger charge is -2.30. The second kappa shape index (κ2) is 19.4. The van der Waals surface area contributed by atoms with Crippen molar-refractivity contribution in [3.05, 3.63) is 83.3 Å². The summed E-state index contributed by atoms with van der Waals surface area (Å²) in [6.45, 7) is 15.2. The molecule has 6 rings (SSSR count). The molecule has 62 heavy (non-hydrogen) atoms. The molecule has 4 amide bonds. The van der Waals surface area contributed by atoms with Gasteiger partial charge in [-0.15, -0.1) is 0 Å². The fourth-order valence-electron chi connectivity index (χ4n) is 8.02. The molecule has 3 unspecified atom stereocenters. The summed E-state index contributed by atoms with van der Waals surface area (Å²) in [4.78, 5) is 71.1. The molecule has 2 aromatic carbocycles. The molecule has 2 fully saturated rings. The first-order chi connectivity index (χ1) is 29.6. The number of imidazole rings is 2. The second-order valence-corrected chi connectivity index (χ2v) is 17.5. The average molecular weight is 843 g/mol. The van der Waals surface area contributed by atoms with E-state index >= 15 is 0 Å². The Labute approximate surface area is 364 Å². The molecule has 0 radical (unpaired) electrons. The normalized spacial score (nSPS) is 17.1. The van der Waals surface area contributed by atoms with Crippen molar-refractivity contribution in [1.29, 1.82) is 0 Å². The van der Waals surface area contributed by atoms with Crippen molar-refractivity contribution < 1.29 is 28.7 Å². The van der Waals surface area contributed by atoms with Crippen LogP contribution in [0.5, 0.6) is 0 Å². The van der Waals surface area contributed by atoms with E-state index < -0.39 is 24.3 Å². The fraction of sp³-hybridized carbons (Fsp3) is 0.458. The highest BCUT2D eigenvalue weighted by atomic mass is 16.5. The Morgan fingerprint density at radius 3 is 1.87 bits per heavy atom. The van der Waals surface area contributed by atoms with Crippen molar-refractivity contribution in [2.45, 2.75) is 104 Å². The molecule has 4 N–H and O–H groups in total. The first-order valence-corrected chi connectivity index (χ1v) is 21.3. The summed E-state index contributed by atoms with van der Waals surface area (Å²) in [5, 5.41) is 5.39. The Morgan fingerprint density at radius 1 is 0.742 bits per heavy atom. The zero-order valence-corrected chi connectivity index (χ0v) is 37.1. The van der Waals surface area contributed by atoms with E-state index in [4.69, 9.17) is 14.5 Å². The zero-order valence-electron chi connectivity index (χ0n) is 37.1. The number of aromatic nitrogens is 4. The van der Waals surface area contributed by atoms with Crippen LogP contribution in [0.2, 0.25) is 0 Å². The van der Waals surface area contributed by atoms with Crippen LogP contribution in [0.1, 0.15) is 115 Å². The smallest absolute Gasteiger partial charge is 0.407 e. The molecule has 0 saturated carbocycles. The van der Waals surface area contributed by atoms with E-state index in [0.717, 1.165) is 53.6 Å². The zero-order chi connectivity index (χ0) is 44.7. The molecule has 2 saturated heterocycles. The van der Waals surface area contributed by atoms with Crippen molar-refractivity contribution in [3.63, 3.8) is 0 Å². The van der Waals surface area contributed by atoms with Gasteiger partial charge in [0.15, 0.2) is 0 Å². The highest BCUT2D eigenvalue weighted by molar-refractivity contribution is 5.87. The Hall–Kier alpha value is -6.54. The van der Waals surface area contributed by atoms with Gasteiger partial charge in [0.05, 0.1) is 44.4 Å². The summed E-state index contributed by atoms with van der Waals surface area (Å²) in [6, 6.07) is 12.6. The number of aromatic amines is 2. The summed E-state index contributed by atoms with van der Waals surface area (Å²) in [5.74, 6) is 13.1. The van der Waals surface area contributed by atoms with Crippen LogP contribution in [-0.4, -0.2) is 93.1 Å². The van der Waals surface area contributed by atoms with Crippen molar-refractivity contribution >= 4 is 24.0 Å². The van der Waals surface area contributed by atoms with Gasteiger partial charge in [0.2, 0.25) is 11.8 Å². The van der Waals surface area contributed by atoms with Crippen LogP contribution in [-0.2, 0) is 24.5 Å². The highest BCUT2D eigenvalue weighted by Gasteiger charge is 2.39. The lowest BCUT2D eigenvalue weighted by Crippen LogP contribution is -2.51. The molecule has 14 nitrogen and oxygen atoms in total. The lowest BCUT2D eigenvalue weighted by molar-refractivity contribution is -0.136. The molecule has 4 aromatic rings. The Morgan fingerprint density at radius 2 is 1.31 bits per heavy atom. The molecular formula is C48H58N8O6. The Balaban J connectivity index is 1.25. The summed E-state index contributed by atoms with van der Waals surface area (Å²) in [7, 11) is 2.56. The Kier molecular flexibility index (Phi) is 14.1. The van der Waals surface area contributed by atoms with Gasteiger partial charge in [-0.25, -0.2) is 19.6 Å². The highest BCUT2D eigenvalue weighted by Crippen LogP contribution is 2.36. The number of methoxy groups -OCH3 is 2. The number of rotatable bonds is 10. The van der Waals surface area contributed by atoms with Crippen molar-refractivity contribution in [2.24, 2.45) is 11.8 Å². The maximum Gasteiger partial charge on any atom is 0.407 e. The van der Waals surface area contributed by atoms with Crippen LogP contribution >= 0.6 is 0 Å². The van der Waals surface area contributed by atoms with E-state index in [1.165, 1.54) is 19.8 Å². The maximum absolute atomic E-state index is 13.7. The van der Waals surface area contributed by atoms with Crippen LogP contribution in [0.4, 0.5) is 9.59 Å². The third kappa shape index (κ3) is 10.3. The predicted molar refractivity (Wildman–Crippen MR) is 236 cm³/mol. The lowest BCUT2D eigenvalue weighted by atomic mass is 9.85. The quantitative estimate of drug-likeness (QED) is 0.121. The number of nitrogens with one attached hydrogen (secondary N) is 4. The van der Waals surface area contributed by atoms with Crippen molar-refractivity contribution in [3.8, 4) is 46.1 Å². The van der Waals surface area contributed by atoms with Gasteiger partial charge in [0.1, 0.15) is 29.4 Å². The van der Waals surface area contributed by atoms with Gasteiger partial charge in [-0.2, -0.15) is 0 Å². The van der Waals surface area contributed by atoms with Gasteiger partial charge < -0.3 is 39.9 Å². The molecule has 2 aliphatic rings. The largest absolute Gasteiger partial charge is 0.453 e. The van der Waals surface area contributed by atoms with E-state index in [0.29, 0.717) is 30.4 Å². The average Bonchev–Trinajstić information content (AvgIpc) is 4.10. The number of nitrogens with zero attached hydrogens (tertiary/aromatic N) is 4. The number of benzene rings is 2. The summed E-state index contributed by atoms with van der Waals surface area (Å²) < 4.78 is 9.55. The predicted octanol–water partition coefficient (Wildman–Crippen LogP) is 7.26. The Bertz CT molecular complexity index is 2400. The minimum atomic E-state index is -0.721. The fourth-order valence-corrected chi connectivity index (χ4v) is 8.02. The van der Waals surface area contributed by atoms with E-state index in [-0.39, 0.29) is 41.1 Å². The maximum atomic E-state index is 13.7. The van der Waals surface area contributed by atoms with Crippen LogP contribution < -0.4 is 10.6 Å². The van der Waals surface area contributed by atoms with Gasteiger partial charge in [0, 0.05) is 24.2 Å². The molecule has 4 atom stereocenters. The van der Waals surface area contributed by atoms with Crippen LogP contribution in [0.15, 0.2) is 54.9 Å². The van der Waals surface area contributed by atoms with Crippen molar-refractivity contribution in [1.82, 2.24) is 40.4 Å². The monoisotopic (exact) mass is 842 g/mol. The number of hydrogen-bond acceptors (Lipinski definition) is 8. The number of carbonyl (C=O) groups is 4. The van der Waals surface area contributed by atoms with Crippen LogP contribution in [0.3, 0.4) is 0 Å². The topological polar surface area (TPSA) is 175 Å². The molecule has 326 valence electrons. The molecule has 2 aliphatic heterocycles. The van der Waals surface area contributed by atoms with Gasteiger partial charge >= 0.3 is 12.2 Å². The summed E-state index contributed by atoms with van der Waals surface area (Å²) in [6.07, 6.45) is 5.27. The first-order valence-electron chi connectivity index (χ1n) is 21.3. The van der Waals surface area contributed by atoms with Crippen LogP contribution in [0.25, 0.3) is 22.4 Å². The van der Waals surface area contributed by atoms with E-state index in [2.05, 4.69) is 100 Å². The number of alkyl carbamates (subject to hydrolysis) is 2. The molecule has 2 aromatic heterocycles. The third-order valence-corrected chi connectivity index (χ3v) is 11.5. The molecule has 0 bridgehead atoms. The van der Waals surface area contributed by atoms with E-state index in [9.17, 15) is 19.2 Å². The summed E-state index contributed by atoms with van der Waals surface area (Å²) in [5.41, 5.74) is 6.14. The second-order valence-electron chi connectivity index (χ2n) is 17.5. The molecule has 4 heterocycles. The number of likely N-dealkylation sites (tertiary alicyclic amines) is 2. The van der Waals surface area contributed by atoms with E-state index in [1.807, 2.05) is 39.8 Å². The first kappa shape index (κ1) is 45.0. The minimum absolute atomic E-state index is 0.0728. The number of carbonyl (C=O) groups excluding carboxylic acids is 4. The molecule has 0 aliphatic carbocycles. The van der Waals surface area contributed by atoms with Gasteiger partial charge in [-0.05, 0) is 89.5 Å². The SMILES string of the molecule is COC(=O)NC(C(=O)N1CCCC1c1ncc(-c2ccc(C#CC#Cc3cnc(C4CCCN4C(=O)[C@@H](NC(=O)OC)C(C)C)[nH]3)c(-c3cccc(C(C)(C)C)c3)c2)[nH]1)C(C)C. The number of H-pyrrole nitrogens is 2. The number of hydrogen-bond donors (Lipinski definition) is 4. The molecule has 14 heteroatoms. The van der Waals surface area contributed by atoms with E-state index in [1.54, 1.807) is 22.2 Å². The standard InChI is InChI=1S/C48H58N8O6/c1-29(2)40(53-46(59)61-8)44(57)55-23-13-19-38(55)42-49-27-35(51-42)18-11-10-15-31-21-22-33(26-36(31)32-16-12-17-34(25-32)48(5,6)7)37-28-50-43(52-37)39-20-14-24-56(39)45(58)41(30(3)4)54-47(60)62-9/h12,16-17,21-22,25-30,38-41H,13-14,19-20,23-24H2,1-9H3,(H,49,51)(H,50,52)(H,53,59)(H,54,60)/t38?,39?,40-,41?/m0/s1. The third-order valence-electron chi connectivity index (χ3n) is 11.5. The summed E-state index contributed by atoms with van der Waals surface area (Å²) >= 11 is 0.